The van der Waals surface area contributed by atoms with E-state index in [0.29, 0.717) is 5.69 Å². The van der Waals surface area contributed by atoms with E-state index in [-0.39, 0.29) is 18.4 Å². The van der Waals surface area contributed by atoms with Gasteiger partial charge in [0.1, 0.15) is 5.52 Å². The first kappa shape index (κ1) is 19.4. The average molecular weight is 403 g/mol. The molecule has 1 fully saturated rings. The Kier molecular flexibility index (Phi) is 5.27. The van der Waals surface area contributed by atoms with E-state index in [4.69, 9.17) is 4.42 Å². The number of rotatable bonds is 4. The van der Waals surface area contributed by atoms with Crippen LogP contribution in [0.5, 0.6) is 0 Å². The van der Waals surface area contributed by atoms with Crippen LogP contribution in [0.3, 0.4) is 0 Å². The molecule has 1 aliphatic heterocycles. The molecule has 5 nitrogen and oxygen atoms in total. The average Bonchev–Trinajstić information content (AvgIpc) is 3.12. The van der Waals surface area contributed by atoms with Crippen LogP contribution in [-0.4, -0.2) is 35.4 Å². The molecule has 0 spiro atoms. The summed E-state index contributed by atoms with van der Waals surface area (Å²) in [4.78, 5) is 18.8. The summed E-state index contributed by atoms with van der Waals surface area (Å²) in [7, 11) is 0. The third-order valence-electron chi connectivity index (χ3n) is 5.11. The Morgan fingerprint density at radius 3 is 2.45 bits per heavy atom. The van der Waals surface area contributed by atoms with Gasteiger partial charge in [0.15, 0.2) is 11.5 Å². The van der Waals surface area contributed by atoms with E-state index in [2.05, 4.69) is 10.3 Å². The molecular formula is C21H20F3N3O2. The summed E-state index contributed by atoms with van der Waals surface area (Å²) in [5, 5.41) is 2.65. The zero-order valence-electron chi connectivity index (χ0n) is 15.6. The summed E-state index contributed by atoms with van der Waals surface area (Å²) in [5.41, 5.74) is 1.24. The van der Waals surface area contributed by atoms with Gasteiger partial charge in [0.05, 0.1) is 12.1 Å². The van der Waals surface area contributed by atoms with Gasteiger partial charge >= 0.3 is 6.18 Å². The number of aromatic nitrogens is 1. The normalized spacial score (nSPS) is 16.2. The minimum absolute atomic E-state index is 0.196. The Morgan fingerprint density at radius 1 is 1.10 bits per heavy atom. The van der Waals surface area contributed by atoms with Gasteiger partial charge in [-0.1, -0.05) is 12.1 Å². The highest BCUT2D eigenvalue weighted by Crippen LogP contribution is 2.31. The summed E-state index contributed by atoms with van der Waals surface area (Å²) in [6.45, 7) is 1.65. The van der Waals surface area contributed by atoms with Crippen molar-refractivity contribution in [1.82, 2.24) is 9.88 Å². The highest BCUT2D eigenvalue weighted by atomic mass is 19.4. The van der Waals surface area contributed by atoms with Crippen molar-refractivity contribution in [3.8, 4) is 0 Å². The quantitative estimate of drug-likeness (QED) is 0.688. The van der Waals surface area contributed by atoms with Crippen molar-refractivity contribution in [2.24, 2.45) is 0 Å². The molecule has 0 bridgehead atoms. The van der Waals surface area contributed by atoms with Crippen molar-refractivity contribution in [1.29, 1.82) is 0 Å². The molecule has 1 N–H and O–H groups in total. The minimum atomic E-state index is -4.39. The molecule has 2 heterocycles. The van der Waals surface area contributed by atoms with Crippen LogP contribution in [-0.2, 0) is 11.0 Å². The molecular weight excluding hydrogens is 383 g/mol. The second kappa shape index (κ2) is 7.87. The maximum Gasteiger partial charge on any atom is 0.416 e. The Labute approximate surface area is 165 Å². The smallest absolute Gasteiger partial charge is 0.416 e. The monoisotopic (exact) mass is 403 g/mol. The van der Waals surface area contributed by atoms with E-state index in [1.165, 1.54) is 12.1 Å². The topological polar surface area (TPSA) is 58.4 Å². The van der Waals surface area contributed by atoms with Crippen LogP contribution < -0.4 is 5.32 Å². The highest BCUT2D eigenvalue weighted by Gasteiger charge is 2.30. The van der Waals surface area contributed by atoms with E-state index in [1.54, 1.807) is 0 Å². The Bertz CT molecular complexity index is 957. The van der Waals surface area contributed by atoms with Crippen molar-refractivity contribution in [2.45, 2.75) is 24.9 Å². The number of piperidine rings is 1. The van der Waals surface area contributed by atoms with Crippen LogP contribution in [0.15, 0.2) is 52.9 Å². The molecule has 0 saturated carbocycles. The predicted molar refractivity (Wildman–Crippen MR) is 102 cm³/mol. The number of fused-ring (bicyclic) bond motifs is 1. The fraction of sp³-hybridized carbons (Fsp3) is 0.333. The second-order valence-corrected chi connectivity index (χ2v) is 7.19. The third kappa shape index (κ3) is 4.59. The molecule has 152 valence electrons. The lowest BCUT2D eigenvalue weighted by Crippen LogP contribution is -2.38. The van der Waals surface area contributed by atoms with Gasteiger partial charge < -0.3 is 9.73 Å². The number of amides is 1. The van der Waals surface area contributed by atoms with E-state index in [9.17, 15) is 18.0 Å². The van der Waals surface area contributed by atoms with Crippen molar-refractivity contribution in [3.05, 3.63) is 60.0 Å². The van der Waals surface area contributed by atoms with Crippen LogP contribution in [0.2, 0.25) is 0 Å². The second-order valence-electron chi connectivity index (χ2n) is 7.19. The minimum Gasteiger partial charge on any atom is -0.440 e. The number of alkyl halides is 3. The van der Waals surface area contributed by atoms with E-state index >= 15 is 0 Å². The number of anilines is 1. The molecule has 0 aliphatic carbocycles. The number of carbonyl (C=O) groups is 1. The number of nitrogens with zero attached hydrogens (tertiary/aromatic N) is 2. The summed E-state index contributed by atoms with van der Waals surface area (Å²) in [5.74, 6) is 0.710. The molecule has 0 unspecified atom stereocenters. The predicted octanol–water partition coefficient (Wildman–Crippen LogP) is 4.66. The zero-order valence-corrected chi connectivity index (χ0v) is 15.6. The lowest BCUT2D eigenvalue weighted by atomic mass is 9.97. The van der Waals surface area contributed by atoms with Gasteiger partial charge in [-0.25, -0.2) is 4.98 Å². The molecule has 1 aromatic heterocycles. The maximum atomic E-state index is 12.6. The fourth-order valence-corrected chi connectivity index (χ4v) is 3.55. The van der Waals surface area contributed by atoms with Gasteiger partial charge in [-0.2, -0.15) is 13.2 Å². The fourth-order valence-electron chi connectivity index (χ4n) is 3.55. The number of nitrogens with one attached hydrogen (secondary N) is 1. The lowest BCUT2D eigenvalue weighted by molar-refractivity contribution is -0.137. The number of oxazole rings is 1. The highest BCUT2D eigenvalue weighted by molar-refractivity contribution is 5.92. The van der Waals surface area contributed by atoms with Crippen molar-refractivity contribution in [2.75, 3.05) is 25.0 Å². The molecule has 1 saturated heterocycles. The summed E-state index contributed by atoms with van der Waals surface area (Å²) in [6.07, 6.45) is -2.72. The first-order valence-corrected chi connectivity index (χ1v) is 9.43. The van der Waals surface area contributed by atoms with Gasteiger partial charge in [-0.3, -0.25) is 9.69 Å². The number of carbonyl (C=O) groups excluding carboxylic acids is 1. The zero-order chi connectivity index (χ0) is 20.4. The summed E-state index contributed by atoms with van der Waals surface area (Å²) < 4.78 is 43.6. The first-order chi connectivity index (χ1) is 13.9. The Balaban J connectivity index is 1.28. The standard InChI is InChI=1S/C21H20F3N3O2/c22-21(23,24)15-5-7-16(8-6-15)25-19(28)13-27-11-9-14(10-12-27)20-26-17-3-1-2-4-18(17)29-20/h1-8,14H,9-13H2,(H,25,28). The van der Waals surface area contributed by atoms with Gasteiger partial charge in [0.25, 0.3) is 0 Å². The molecule has 8 heteroatoms. The lowest BCUT2D eigenvalue weighted by Gasteiger charge is -2.29. The number of halogens is 3. The van der Waals surface area contributed by atoms with E-state index < -0.39 is 11.7 Å². The number of benzene rings is 2. The number of likely N-dealkylation sites (tertiary alicyclic amines) is 1. The van der Waals surface area contributed by atoms with Crippen molar-refractivity contribution >= 4 is 22.7 Å². The van der Waals surface area contributed by atoms with Crippen LogP contribution in [0, 0.1) is 0 Å². The number of hydrogen-bond acceptors (Lipinski definition) is 4. The van der Waals surface area contributed by atoms with Gasteiger partial charge in [-0.05, 0) is 62.3 Å². The number of hydrogen-bond donors (Lipinski definition) is 1. The number of para-hydroxylation sites is 2. The van der Waals surface area contributed by atoms with Gasteiger partial charge in [0, 0.05) is 11.6 Å². The molecule has 2 aromatic carbocycles. The third-order valence-corrected chi connectivity index (χ3v) is 5.11. The van der Waals surface area contributed by atoms with Crippen LogP contribution >= 0.6 is 0 Å². The van der Waals surface area contributed by atoms with Gasteiger partial charge in [0.2, 0.25) is 5.91 Å². The van der Waals surface area contributed by atoms with Gasteiger partial charge in [-0.15, -0.1) is 0 Å². The largest absolute Gasteiger partial charge is 0.440 e. The summed E-state index contributed by atoms with van der Waals surface area (Å²) >= 11 is 0. The Hall–Kier alpha value is -2.87. The van der Waals surface area contributed by atoms with Crippen molar-refractivity contribution < 1.29 is 22.4 Å². The summed E-state index contributed by atoms with van der Waals surface area (Å²) in [6, 6.07) is 12.1. The van der Waals surface area contributed by atoms with Crippen LogP contribution in [0.25, 0.3) is 11.1 Å². The molecule has 4 rings (SSSR count). The van der Waals surface area contributed by atoms with Crippen molar-refractivity contribution in [3.63, 3.8) is 0 Å². The van der Waals surface area contributed by atoms with E-state index in [0.717, 1.165) is 55.1 Å². The molecule has 0 radical (unpaired) electrons. The molecule has 3 aromatic rings. The van der Waals surface area contributed by atoms with Crippen LogP contribution in [0.4, 0.5) is 18.9 Å². The molecule has 0 atom stereocenters. The first-order valence-electron chi connectivity index (χ1n) is 9.43. The maximum absolute atomic E-state index is 12.6. The van der Waals surface area contributed by atoms with Crippen LogP contribution in [0.1, 0.15) is 30.2 Å². The SMILES string of the molecule is O=C(CN1CCC(c2nc3ccccc3o2)CC1)Nc1ccc(C(F)(F)F)cc1. The molecule has 1 aliphatic rings. The van der Waals surface area contributed by atoms with E-state index in [1.807, 2.05) is 29.2 Å². The Morgan fingerprint density at radius 2 is 1.79 bits per heavy atom. The molecule has 29 heavy (non-hydrogen) atoms. The molecule has 1 amide bonds.